The minimum atomic E-state index is -1.51. The highest BCUT2D eigenvalue weighted by Gasteiger charge is 2.36. The average Bonchev–Trinajstić information content (AvgIpc) is 2.90. The van der Waals surface area contributed by atoms with Crippen LogP contribution in [0.3, 0.4) is 0 Å². The lowest BCUT2D eigenvalue weighted by Gasteiger charge is -2.26. The summed E-state index contributed by atoms with van der Waals surface area (Å²) in [6, 6.07) is 22.6. The Labute approximate surface area is 202 Å². The molecular weight excluding hydrogens is 452 g/mol. The van der Waals surface area contributed by atoms with Gasteiger partial charge in [-0.1, -0.05) is 60.7 Å². The number of carbonyl (C=O) groups is 4. The molecule has 3 aromatic rings. The molecule has 0 aliphatic carbocycles. The minimum absolute atomic E-state index is 0.138. The number of hydrogen-bond acceptors (Lipinski definition) is 7. The van der Waals surface area contributed by atoms with Crippen LogP contribution >= 0.6 is 0 Å². The summed E-state index contributed by atoms with van der Waals surface area (Å²) >= 11 is 0. The molecule has 0 bridgehead atoms. The molecule has 0 aromatic heterocycles. The van der Waals surface area contributed by atoms with Crippen molar-refractivity contribution in [2.45, 2.75) is 18.8 Å². The van der Waals surface area contributed by atoms with Crippen LogP contribution in [0.4, 0.5) is 10.5 Å². The van der Waals surface area contributed by atoms with E-state index < -0.39 is 30.2 Å². The number of anilines is 1. The number of methoxy groups -OCH3 is 1. The van der Waals surface area contributed by atoms with E-state index in [9.17, 15) is 19.2 Å². The van der Waals surface area contributed by atoms with Gasteiger partial charge in [0.15, 0.2) is 0 Å². The third kappa shape index (κ3) is 7.16. The maximum absolute atomic E-state index is 12.9. The minimum Gasteiger partial charge on any atom is -0.466 e. The number of hydrogen-bond donors (Lipinski definition) is 2. The standard InChI is InChI=1S/C26H24N2O7/c1-33-25(31)23(35-26(32)34-16-18-12-14-21(15-13-18)27-17-29)22(19-8-4-2-5-9-19)28-24(30)20-10-6-3-7-11-20/h2-15,17,22-23H,16H2,1H3,(H,27,29)(H,28,30)/t22-,23+/m0/s1. The lowest BCUT2D eigenvalue weighted by molar-refractivity contribution is -0.153. The van der Waals surface area contributed by atoms with E-state index in [0.29, 0.717) is 28.8 Å². The molecule has 2 atom stereocenters. The average molecular weight is 476 g/mol. The van der Waals surface area contributed by atoms with Gasteiger partial charge in [0.05, 0.1) is 7.11 Å². The number of ether oxygens (including phenoxy) is 3. The highest BCUT2D eigenvalue weighted by molar-refractivity contribution is 5.95. The first-order valence-corrected chi connectivity index (χ1v) is 10.6. The Hall–Kier alpha value is -4.66. The molecule has 0 aliphatic heterocycles. The zero-order valence-electron chi connectivity index (χ0n) is 18.9. The van der Waals surface area contributed by atoms with Crippen molar-refractivity contribution in [3.63, 3.8) is 0 Å². The Balaban J connectivity index is 1.76. The van der Waals surface area contributed by atoms with Crippen molar-refractivity contribution in [2.75, 3.05) is 12.4 Å². The number of amides is 2. The monoisotopic (exact) mass is 476 g/mol. The second-order valence-electron chi connectivity index (χ2n) is 7.29. The van der Waals surface area contributed by atoms with Crippen molar-refractivity contribution in [2.24, 2.45) is 0 Å². The Bertz CT molecular complexity index is 1140. The van der Waals surface area contributed by atoms with Gasteiger partial charge in [0.2, 0.25) is 12.5 Å². The highest BCUT2D eigenvalue weighted by atomic mass is 16.7. The maximum Gasteiger partial charge on any atom is 0.509 e. The van der Waals surface area contributed by atoms with E-state index in [0.717, 1.165) is 7.11 Å². The van der Waals surface area contributed by atoms with Crippen LogP contribution < -0.4 is 10.6 Å². The van der Waals surface area contributed by atoms with Gasteiger partial charge in [-0.15, -0.1) is 0 Å². The van der Waals surface area contributed by atoms with Crippen LogP contribution in [0.25, 0.3) is 0 Å². The smallest absolute Gasteiger partial charge is 0.466 e. The summed E-state index contributed by atoms with van der Waals surface area (Å²) in [5.41, 5.74) is 2.10. The Morgan fingerprint density at radius 3 is 2.11 bits per heavy atom. The number of carbonyl (C=O) groups excluding carboxylic acids is 4. The fourth-order valence-electron chi connectivity index (χ4n) is 3.22. The van der Waals surface area contributed by atoms with Gasteiger partial charge in [-0.05, 0) is 35.4 Å². The van der Waals surface area contributed by atoms with Gasteiger partial charge in [0.25, 0.3) is 5.91 Å². The zero-order chi connectivity index (χ0) is 25.0. The fraction of sp³-hybridized carbons (Fsp3) is 0.154. The first-order valence-electron chi connectivity index (χ1n) is 10.6. The topological polar surface area (TPSA) is 120 Å². The molecule has 0 heterocycles. The van der Waals surface area contributed by atoms with Gasteiger partial charge in [0, 0.05) is 11.3 Å². The van der Waals surface area contributed by atoms with E-state index in [1.54, 1.807) is 84.9 Å². The summed E-state index contributed by atoms with van der Waals surface area (Å²) in [5, 5.41) is 5.26. The largest absolute Gasteiger partial charge is 0.509 e. The molecule has 9 heteroatoms. The lowest BCUT2D eigenvalue weighted by atomic mass is 10.0. The van der Waals surface area contributed by atoms with Crippen molar-refractivity contribution in [1.82, 2.24) is 5.32 Å². The molecule has 2 amide bonds. The van der Waals surface area contributed by atoms with Crippen LogP contribution in [0.2, 0.25) is 0 Å². The summed E-state index contributed by atoms with van der Waals surface area (Å²) in [6.45, 7) is -0.138. The number of benzene rings is 3. The van der Waals surface area contributed by atoms with Crippen molar-refractivity contribution >= 4 is 30.1 Å². The highest BCUT2D eigenvalue weighted by Crippen LogP contribution is 2.22. The van der Waals surface area contributed by atoms with Crippen LogP contribution in [-0.2, 0) is 30.4 Å². The van der Waals surface area contributed by atoms with Gasteiger partial charge < -0.3 is 24.8 Å². The Kier molecular flexibility index (Phi) is 8.95. The fourth-order valence-corrected chi connectivity index (χ4v) is 3.22. The summed E-state index contributed by atoms with van der Waals surface area (Å²) < 4.78 is 15.3. The normalized spacial score (nSPS) is 11.9. The molecule has 0 aliphatic rings. The molecule has 0 saturated heterocycles. The summed E-state index contributed by atoms with van der Waals surface area (Å²) in [4.78, 5) is 48.4. The summed E-state index contributed by atoms with van der Waals surface area (Å²) in [6.07, 6.45) is -2.08. The molecular formula is C26H24N2O7. The Morgan fingerprint density at radius 1 is 0.886 bits per heavy atom. The second-order valence-corrected chi connectivity index (χ2v) is 7.29. The molecule has 3 rings (SSSR count). The SMILES string of the molecule is COC(=O)[C@H](OC(=O)OCc1ccc(NC=O)cc1)[C@@H](NC(=O)c1ccccc1)c1ccccc1. The predicted molar refractivity (Wildman–Crippen MR) is 126 cm³/mol. The summed E-state index contributed by atoms with van der Waals surface area (Å²) in [5.74, 6) is -1.33. The van der Waals surface area contributed by atoms with E-state index in [-0.39, 0.29) is 6.61 Å². The number of rotatable bonds is 10. The Morgan fingerprint density at radius 2 is 1.51 bits per heavy atom. The molecule has 3 aromatic carbocycles. The molecule has 2 N–H and O–H groups in total. The third-order valence-corrected chi connectivity index (χ3v) is 4.98. The van der Waals surface area contributed by atoms with Crippen LogP contribution in [0, 0.1) is 0 Å². The number of nitrogens with one attached hydrogen (secondary N) is 2. The van der Waals surface area contributed by atoms with Gasteiger partial charge in [-0.25, -0.2) is 9.59 Å². The predicted octanol–water partition coefficient (Wildman–Crippen LogP) is 3.62. The van der Waals surface area contributed by atoms with Crippen LogP contribution in [0.15, 0.2) is 84.9 Å². The van der Waals surface area contributed by atoms with E-state index in [1.165, 1.54) is 0 Å². The second kappa shape index (κ2) is 12.5. The molecule has 0 saturated carbocycles. The van der Waals surface area contributed by atoms with E-state index in [4.69, 9.17) is 14.2 Å². The first kappa shape index (κ1) is 25.0. The molecule has 180 valence electrons. The first-order chi connectivity index (χ1) is 17.0. The zero-order valence-corrected chi connectivity index (χ0v) is 18.9. The molecule has 0 spiro atoms. The van der Waals surface area contributed by atoms with Crippen molar-refractivity contribution in [3.8, 4) is 0 Å². The van der Waals surface area contributed by atoms with E-state index in [2.05, 4.69) is 10.6 Å². The van der Waals surface area contributed by atoms with E-state index in [1.807, 2.05) is 0 Å². The maximum atomic E-state index is 12.9. The molecule has 9 nitrogen and oxygen atoms in total. The van der Waals surface area contributed by atoms with Gasteiger partial charge in [0.1, 0.15) is 12.6 Å². The molecule has 35 heavy (non-hydrogen) atoms. The lowest BCUT2D eigenvalue weighted by Crippen LogP contribution is -2.43. The van der Waals surface area contributed by atoms with Gasteiger partial charge >= 0.3 is 12.1 Å². The number of esters is 1. The van der Waals surface area contributed by atoms with Gasteiger partial charge in [-0.3, -0.25) is 9.59 Å². The third-order valence-electron chi connectivity index (χ3n) is 4.98. The van der Waals surface area contributed by atoms with E-state index >= 15 is 0 Å². The molecule has 0 radical (unpaired) electrons. The van der Waals surface area contributed by atoms with Crippen LogP contribution in [0.5, 0.6) is 0 Å². The van der Waals surface area contributed by atoms with Crippen molar-refractivity contribution in [1.29, 1.82) is 0 Å². The van der Waals surface area contributed by atoms with Crippen molar-refractivity contribution < 1.29 is 33.4 Å². The molecule has 0 unspecified atom stereocenters. The van der Waals surface area contributed by atoms with Crippen LogP contribution in [-0.4, -0.2) is 37.7 Å². The summed E-state index contributed by atoms with van der Waals surface area (Å²) in [7, 11) is 1.15. The molecule has 0 fully saturated rings. The van der Waals surface area contributed by atoms with Crippen LogP contribution in [0.1, 0.15) is 27.5 Å². The quantitative estimate of drug-likeness (QED) is 0.339. The van der Waals surface area contributed by atoms with Gasteiger partial charge in [-0.2, -0.15) is 0 Å². The van der Waals surface area contributed by atoms with Crippen molar-refractivity contribution in [3.05, 3.63) is 102 Å².